The van der Waals surface area contributed by atoms with Gasteiger partial charge in [-0.2, -0.15) is 0 Å². The number of cyclic esters (lactones) is 1. The van der Waals surface area contributed by atoms with Gasteiger partial charge in [0.05, 0.1) is 6.42 Å². The maximum Gasteiger partial charge on any atom is 0.307 e. The first-order valence-corrected chi connectivity index (χ1v) is 3.83. The third kappa shape index (κ3) is 2.03. The predicted molar refractivity (Wildman–Crippen MR) is 38.5 cm³/mol. The quantitative estimate of drug-likeness (QED) is 0.563. The number of Topliss-reactive ketones (excluding diaryl/α,β-unsaturated/α-hetero) is 1. The van der Waals surface area contributed by atoms with Crippen molar-refractivity contribution in [3.63, 3.8) is 0 Å². The molecule has 0 saturated carbocycles. The van der Waals surface area contributed by atoms with E-state index in [-0.39, 0.29) is 18.2 Å². The second-order valence-electron chi connectivity index (χ2n) is 2.57. The van der Waals surface area contributed by atoms with E-state index in [1.807, 2.05) is 6.92 Å². The summed E-state index contributed by atoms with van der Waals surface area (Å²) in [6, 6.07) is 0. The average molecular weight is 155 g/mol. The van der Waals surface area contributed by atoms with Gasteiger partial charge in [0.1, 0.15) is 0 Å². The molecular weight excluding hydrogens is 144 g/mol. The maximum absolute atomic E-state index is 11.0. The summed E-state index contributed by atoms with van der Waals surface area (Å²) in [4.78, 5) is 21.7. The smallest absolute Gasteiger partial charge is 0.307 e. The molecule has 0 spiro atoms. The van der Waals surface area contributed by atoms with Crippen LogP contribution in [0.1, 0.15) is 32.6 Å². The van der Waals surface area contributed by atoms with Crippen molar-refractivity contribution in [1.29, 1.82) is 0 Å². The standard InChI is InChI=1S/C8H11O3/c1-2-3-7-6(9)4-5-8(10)11-7/h2-5H2,1H3. The molecule has 0 unspecified atom stereocenters. The lowest BCUT2D eigenvalue weighted by Crippen LogP contribution is -2.25. The van der Waals surface area contributed by atoms with Gasteiger partial charge >= 0.3 is 5.97 Å². The molecule has 0 aliphatic carbocycles. The predicted octanol–water partition coefficient (Wildman–Crippen LogP) is 1.22. The molecule has 0 aromatic heterocycles. The Kier molecular flexibility index (Phi) is 2.63. The fourth-order valence-corrected chi connectivity index (χ4v) is 1.02. The first-order chi connectivity index (χ1) is 5.24. The van der Waals surface area contributed by atoms with Gasteiger partial charge in [-0.1, -0.05) is 13.3 Å². The van der Waals surface area contributed by atoms with Crippen LogP contribution in [0.15, 0.2) is 0 Å². The lowest BCUT2D eigenvalue weighted by atomic mass is 10.0. The number of hydrogen-bond acceptors (Lipinski definition) is 3. The Bertz CT molecular complexity index is 174. The monoisotopic (exact) mass is 155 g/mol. The molecule has 1 aliphatic heterocycles. The van der Waals surface area contributed by atoms with Gasteiger partial charge in [0.2, 0.25) is 6.10 Å². The number of carbonyl (C=O) groups excluding carboxylic acids is 2. The molecular formula is C8H11O3. The van der Waals surface area contributed by atoms with Crippen LogP contribution in [-0.2, 0) is 14.3 Å². The summed E-state index contributed by atoms with van der Waals surface area (Å²) in [6.07, 6.45) is 2.35. The third-order valence-corrected chi connectivity index (χ3v) is 1.58. The molecule has 0 N–H and O–H groups in total. The van der Waals surface area contributed by atoms with E-state index in [9.17, 15) is 9.59 Å². The minimum atomic E-state index is -0.270. The fraction of sp³-hybridized carbons (Fsp3) is 0.625. The fourth-order valence-electron chi connectivity index (χ4n) is 1.02. The van der Waals surface area contributed by atoms with Gasteiger partial charge in [-0.3, -0.25) is 9.59 Å². The molecule has 1 rings (SSSR count). The Balaban J connectivity index is 2.47. The van der Waals surface area contributed by atoms with Gasteiger partial charge in [0.15, 0.2) is 5.78 Å². The van der Waals surface area contributed by atoms with Crippen molar-refractivity contribution in [2.45, 2.75) is 32.6 Å². The summed E-state index contributed by atoms with van der Waals surface area (Å²) in [5.74, 6) is -0.278. The normalized spacial score (nSPS) is 20.1. The minimum absolute atomic E-state index is 0.00792. The van der Waals surface area contributed by atoms with Gasteiger partial charge in [-0.05, 0) is 6.42 Å². The van der Waals surface area contributed by atoms with Crippen LogP contribution in [0.5, 0.6) is 0 Å². The Morgan fingerprint density at radius 3 is 2.73 bits per heavy atom. The van der Waals surface area contributed by atoms with E-state index in [4.69, 9.17) is 4.74 Å². The maximum atomic E-state index is 11.0. The highest BCUT2D eigenvalue weighted by atomic mass is 16.5. The van der Waals surface area contributed by atoms with Gasteiger partial charge in [0, 0.05) is 6.42 Å². The molecule has 1 radical (unpaired) electrons. The molecule has 1 fully saturated rings. The third-order valence-electron chi connectivity index (χ3n) is 1.58. The molecule has 1 aliphatic rings. The molecule has 3 nitrogen and oxygen atoms in total. The highest BCUT2D eigenvalue weighted by Crippen LogP contribution is 2.20. The van der Waals surface area contributed by atoms with E-state index in [2.05, 4.69) is 0 Å². The van der Waals surface area contributed by atoms with Crippen molar-refractivity contribution in [2.75, 3.05) is 0 Å². The van der Waals surface area contributed by atoms with Crippen molar-refractivity contribution in [3.05, 3.63) is 6.10 Å². The van der Waals surface area contributed by atoms with Crippen molar-refractivity contribution < 1.29 is 14.3 Å². The van der Waals surface area contributed by atoms with E-state index < -0.39 is 0 Å². The molecule has 0 aromatic carbocycles. The van der Waals surface area contributed by atoms with E-state index in [1.165, 1.54) is 0 Å². The highest BCUT2D eigenvalue weighted by Gasteiger charge is 2.28. The van der Waals surface area contributed by atoms with Crippen LogP contribution >= 0.6 is 0 Å². The second-order valence-corrected chi connectivity index (χ2v) is 2.57. The van der Waals surface area contributed by atoms with Crippen LogP contribution < -0.4 is 0 Å². The molecule has 0 atom stereocenters. The summed E-state index contributed by atoms with van der Waals surface area (Å²) < 4.78 is 4.77. The number of ketones is 1. The van der Waals surface area contributed by atoms with Crippen molar-refractivity contribution >= 4 is 11.8 Å². The highest BCUT2D eigenvalue weighted by molar-refractivity contribution is 5.97. The lowest BCUT2D eigenvalue weighted by Gasteiger charge is -2.18. The van der Waals surface area contributed by atoms with E-state index >= 15 is 0 Å². The Morgan fingerprint density at radius 1 is 1.36 bits per heavy atom. The second kappa shape index (κ2) is 3.51. The topological polar surface area (TPSA) is 43.4 Å². The van der Waals surface area contributed by atoms with Gasteiger partial charge in [-0.25, -0.2) is 0 Å². The first kappa shape index (κ1) is 8.24. The summed E-state index contributed by atoms with van der Waals surface area (Å²) >= 11 is 0. The molecule has 0 bridgehead atoms. The van der Waals surface area contributed by atoms with Crippen LogP contribution in [0.3, 0.4) is 0 Å². The summed E-state index contributed by atoms with van der Waals surface area (Å²) in [6.45, 7) is 1.95. The van der Waals surface area contributed by atoms with Crippen molar-refractivity contribution in [2.24, 2.45) is 0 Å². The van der Waals surface area contributed by atoms with E-state index in [0.717, 1.165) is 6.42 Å². The SMILES string of the molecule is CCC[C]1OC(=O)CCC1=O. The summed E-state index contributed by atoms with van der Waals surface area (Å²) in [5.41, 5.74) is 0. The number of hydrogen-bond donors (Lipinski definition) is 0. The van der Waals surface area contributed by atoms with Crippen LogP contribution in [0.2, 0.25) is 0 Å². The van der Waals surface area contributed by atoms with E-state index in [1.54, 1.807) is 0 Å². The zero-order valence-electron chi connectivity index (χ0n) is 6.55. The minimum Gasteiger partial charge on any atom is -0.446 e. The zero-order valence-corrected chi connectivity index (χ0v) is 6.55. The van der Waals surface area contributed by atoms with Crippen LogP contribution in [-0.4, -0.2) is 11.8 Å². The van der Waals surface area contributed by atoms with Gasteiger partial charge in [-0.15, -0.1) is 0 Å². The van der Waals surface area contributed by atoms with Crippen LogP contribution in [0.4, 0.5) is 0 Å². The van der Waals surface area contributed by atoms with Crippen LogP contribution in [0, 0.1) is 6.10 Å². The molecule has 0 aromatic rings. The van der Waals surface area contributed by atoms with Gasteiger partial charge in [0.25, 0.3) is 0 Å². The number of esters is 1. The molecule has 0 amide bonds. The number of carbonyl (C=O) groups is 2. The summed E-state index contributed by atoms with van der Waals surface area (Å²) in [7, 11) is 0. The lowest BCUT2D eigenvalue weighted by molar-refractivity contribution is -0.152. The molecule has 11 heavy (non-hydrogen) atoms. The van der Waals surface area contributed by atoms with Crippen molar-refractivity contribution in [3.8, 4) is 0 Å². The Hall–Kier alpha value is -0.860. The molecule has 1 saturated heterocycles. The van der Waals surface area contributed by atoms with E-state index in [0.29, 0.717) is 18.9 Å². The summed E-state index contributed by atoms with van der Waals surface area (Å²) in [5, 5.41) is 0. The van der Waals surface area contributed by atoms with Gasteiger partial charge < -0.3 is 4.74 Å². The molecule has 1 heterocycles. The van der Waals surface area contributed by atoms with Crippen LogP contribution in [0.25, 0.3) is 0 Å². The number of rotatable bonds is 2. The Morgan fingerprint density at radius 2 is 2.09 bits per heavy atom. The molecule has 61 valence electrons. The first-order valence-electron chi connectivity index (χ1n) is 3.83. The number of ether oxygens (including phenoxy) is 1. The Labute approximate surface area is 65.7 Å². The average Bonchev–Trinajstić information content (AvgIpc) is 1.98. The largest absolute Gasteiger partial charge is 0.446 e. The zero-order chi connectivity index (χ0) is 8.27. The molecule has 3 heteroatoms. The van der Waals surface area contributed by atoms with Crippen molar-refractivity contribution in [1.82, 2.24) is 0 Å².